The largest absolute Gasteiger partial charge is 0.471 e. The molecule has 1 atom stereocenters. The maximum absolute atomic E-state index is 13.0. The molecule has 1 N–H and O–H groups in total. The van der Waals surface area contributed by atoms with Gasteiger partial charge in [-0.1, -0.05) is 13.8 Å². The summed E-state index contributed by atoms with van der Waals surface area (Å²) in [5, 5.41) is 3.35. The number of ether oxygens (including phenoxy) is 1. The van der Waals surface area contributed by atoms with Crippen LogP contribution >= 0.6 is 0 Å². The SMILES string of the molecule is CCCN(C(=O)c1cc(C)cc(OC(CC)Nc2ccncc2)c1)C(C)C. The molecule has 1 heterocycles. The van der Waals surface area contributed by atoms with Crippen molar-refractivity contribution in [3.8, 4) is 5.75 Å². The van der Waals surface area contributed by atoms with Gasteiger partial charge in [-0.2, -0.15) is 0 Å². The molecule has 0 fully saturated rings. The van der Waals surface area contributed by atoms with Crippen molar-refractivity contribution in [3.05, 3.63) is 53.9 Å². The number of nitrogens with zero attached hydrogens (tertiary/aromatic N) is 2. The lowest BCUT2D eigenvalue weighted by atomic mass is 10.1. The molecule has 5 nitrogen and oxygen atoms in total. The van der Waals surface area contributed by atoms with Crippen LogP contribution in [-0.2, 0) is 0 Å². The van der Waals surface area contributed by atoms with E-state index in [0.29, 0.717) is 11.3 Å². The van der Waals surface area contributed by atoms with Crippen molar-refractivity contribution in [2.24, 2.45) is 0 Å². The predicted molar refractivity (Wildman–Crippen MR) is 110 cm³/mol. The predicted octanol–water partition coefficient (Wildman–Crippen LogP) is 4.88. The minimum Gasteiger partial charge on any atom is -0.471 e. The first kappa shape index (κ1) is 20.7. The van der Waals surface area contributed by atoms with Crippen molar-refractivity contribution in [1.82, 2.24) is 9.88 Å². The maximum Gasteiger partial charge on any atom is 0.254 e. The van der Waals surface area contributed by atoms with Gasteiger partial charge in [-0.15, -0.1) is 0 Å². The number of hydrogen-bond acceptors (Lipinski definition) is 4. The van der Waals surface area contributed by atoms with Gasteiger partial charge in [0.15, 0.2) is 6.23 Å². The Hall–Kier alpha value is -2.56. The van der Waals surface area contributed by atoms with E-state index < -0.39 is 0 Å². The van der Waals surface area contributed by atoms with Crippen molar-refractivity contribution in [2.75, 3.05) is 11.9 Å². The van der Waals surface area contributed by atoms with Gasteiger partial charge in [-0.3, -0.25) is 9.78 Å². The molecule has 0 saturated heterocycles. The molecule has 146 valence electrons. The molecule has 1 amide bonds. The Morgan fingerprint density at radius 1 is 1.19 bits per heavy atom. The molecule has 0 aliphatic rings. The minimum absolute atomic E-state index is 0.0514. The topological polar surface area (TPSA) is 54.5 Å². The molecule has 0 aliphatic heterocycles. The summed E-state index contributed by atoms with van der Waals surface area (Å²) in [6.07, 6.45) is 5.02. The number of carbonyl (C=O) groups is 1. The Morgan fingerprint density at radius 3 is 2.48 bits per heavy atom. The van der Waals surface area contributed by atoms with Gasteiger partial charge >= 0.3 is 0 Å². The highest BCUT2D eigenvalue weighted by Crippen LogP contribution is 2.22. The molecule has 1 aromatic carbocycles. The first-order valence-electron chi connectivity index (χ1n) is 9.70. The van der Waals surface area contributed by atoms with Gasteiger partial charge < -0.3 is 15.0 Å². The molecule has 0 saturated carbocycles. The summed E-state index contributed by atoms with van der Waals surface area (Å²) in [4.78, 5) is 18.9. The van der Waals surface area contributed by atoms with Crippen molar-refractivity contribution in [3.63, 3.8) is 0 Å². The highest BCUT2D eigenvalue weighted by atomic mass is 16.5. The summed E-state index contributed by atoms with van der Waals surface area (Å²) >= 11 is 0. The van der Waals surface area contributed by atoms with E-state index in [-0.39, 0.29) is 18.2 Å². The second kappa shape index (κ2) is 9.95. The van der Waals surface area contributed by atoms with Crippen LogP contribution in [0.25, 0.3) is 0 Å². The molecular weight excluding hydrogens is 338 g/mol. The highest BCUT2D eigenvalue weighted by molar-refractivity contribution is 5.95. The lowest BCUT2D eigenvalue weighted by Crippen LogP contribution is -2.37. The fraction of sp³-hybridized carbons (Fsp3) is 0.455. The van der Waals surface area contributed by atoms with Crippen molar-refractivity contribution in [1.29, 1.82) is 0 Å². The molecule has 2 rings (SSSR count). The third kappa shape index (κ3) is 5.98. The number of nitrogens with one attached hydrogen (secondary N) is 1. The molecule has 1 unspecified atom stereocenters. The van der Waals surface area contributed by atoms with Crippen LogP contribution in [0.15, 0.2) is 42.7 Å². The Morgan fingerprint density at radius 2 is 1.89 bits per heavy atom. The zero-order valence-corrected chi connectivity index (χ0v) is 17.0. The van der Waals surface area contributed by atoms with Gasteiger partial charge in [0.1, 0.15) is 5.75 Å². The van der Waals surface area contributed by atoms with E-state index in [9.17, 15) is 4.79 Å². The summed E-state index contributed by atoms with van der Waals surface area (Å²) < 4.78 is 6.14. The number of carbonyl (C=O) groups excluding carboxylic acids is 1. The quantitative estimate of drug-likeness (QED) is 0.640. The molecule has 0 aliphatic carbocycles. The molecule has 0 spiro atoms. The second-order valence-electron chi connectivity index (χ2n) is 7.02. The fourth-order valence-electron chi connectivity index (χ4n) is 2.95. The van der Waals surface area contributed by atoms with Crippen molar-refractivity contribution in [2.45, 2.75) is 59.7 Å². The number of benzene rings is 1. The van der Waals surface area contributed by atoms with Crippen LogP contribution in [-0.4, -0.2) is 34.6 Å². The van der Waals surface area contributed by atoms with E-state index in [2.05, 4.69) is 24.1 Å². The first-order chi connectivity index (χ1) is 12.9. The first-order valence-corrected chi connectivity index (χ1v) is 9.70. The van der Waals surface area contributed by atoms with Crippen molar-refractivity contribution >= 4 is 11.6 Å². The lowest BCUT2D eigenvalue weighted by Gasteiger charge is -2.27. The summed E-state index contributed by atoms with van der Waals surface area (Å²) in [5.41, 5.74) is 2.63. The number of hydrogen-bond donors (Lipinski definition) is 1. The average Bonchev–Trinajstić information content (AvgIpc) is 2.65. The minimum atomic E-state index is -0.186. The van der Waals surface area contributed by atoms with Crippen LogP contribution in [0.5, 0.6) is 5.75 Å². The molecule has 0 radical (unpaired) electrons. The number of anilines is 1. The molecular formula is C22H31N3O2. The maximum atomic E-state index is 13.0. The molecule has 27 heavy (non-hydrogen) atoms. The van der Waals surface area contributed by atoms with E-state index in [1.165, 1.54) is 0 Å². The van der Waals surface area contributed by atoms with E-state index >= 15 is 0 Å². The molecule has 5 heteroatoms. The summed E-state index contributed by atoms with van der Waals surface area (Å²) in [6, 6.07) is 9.71. The number of aryl methyl sites for hydroxylation is 1. The monoisotopic (exact) mass is 369 g/mol. The highest BCUT2D eigenvalue weighted by Gasteiger charge is 2.19. The van der Waals surface area contributed by atoms with E-state index in [0.717, 1.165) is 30.6 Å². The van der Waals surface area contributed by atoms with Gasteiger partial charge in [0.25, 0.3) is 5.91 Å². The Balaban J connectivity index is 2.19. The average molecular weight is 370 g/mol. The van der Waals surface area contributed by atoms with Gasteiger partial charge in [-0.05, 0) is 63.1 Å². The summed E-state index contributed by atoms with van der Waals surface area (Å²) in [5.74, 6) is 0.752. The third-order valence-electron chi connectivity index (χ3n) is 4.30. The Labute approximate surface area is 162 Å². The van der Waals surface area contributed by atoms with E-state index in [1.807, 2.05) is 56.0 Å². The zero-order chi connectivity index (χ0) is 19.8. The van der Waals surface area contributed by atoms with E-state index in [1.54, 1.807) is 12.4 Å². The Kier molecular flexibility index (Phi) is 7.65. The van der Waals surface area contributed by atoms with Crippen molar-refractivity contribution < 1.29 is 9.53 Å². The van der Waals surface area contributed by atoms with Crippen LogP contribution in [0, 0.1) is 6.92 Å². The fourth-order valence-corrected chi connectivity index (χ4v) is 2.95. The van der Waals surface area contributed by atoms with Crippen LogP contribution in [0.2, 0.25) is 0 Å². The normalized spacial score (nSPS) is 11.9. The standard InChI is InChI=1S/C22H31N3O2/c1-6-12-25(16(3)4)22(26)18-13-17(5)14-20(15-18)27-21(7-2)24-19-8-10-23-11-9-19/h8-11,13-16,21H,6-7,12H2,1-5H3,(H,23,24). The zero-order valence-electron chi connectivity index (χ0n) is 17.0. The second-order valence-corrected chi connectivity index (χ2v) is 7.02. The van der Waals surface area contributed by atoms with Gasteiger partial charge in [0, 0.05) is 42.7 Å². The Bertz CT molecular complexity index is 732. The molecule has 1 aromatic heterocycles. The number of aromatic nitrogens is 1. The van der Waals surface area contributed by atoms with Gasteiger partial charge in [-0.25, -0.2) is 0 Å². The summed E-state index contributed by atoms with van der Waals surface area (Å²) in [7, 11) is 0. The molecule has 2 aromatic rings. The number of amides is 1. The van der Waals surface area contributed by atoms with Crippen LogP contribution in [0.4, 0.5) is 5.69 Å². The molecule has 0 bridgehead atoms. The third-order valence-corrected chi connectivity index (χ3v) is 4.30. The number of rotatable bonds is 9. The lowest BCUT2D eigenvalue weighted by molar-refractivity contribution is 0.0705. The van der Waals surface area contributed by atoms with Crippen LogP contribution < -0.4 is 10.1 Å². The van der Waals surface area contributed by atoms with Gasteiger partial charge in [0.2, 0.25) is 0 Å². The van der Waals surface area contributed by atoms with E-state index in [4.69, 9.17) is 4.74 Å². The smallest absolute Gasteiger partial charge is 0.254 e. The number of pyridine rings is 1. The van der Waals surface area contributed by atoms with Gasteiger partial charge in [0.05, 0.1) is 0 Å². The summed E-state index contributed by atoms with van der Waals surface area (Å²) in [6.45, 7) is 11.0. The van der Waals surface area contributed by atoms with Crippen LogP contribution in [0.1, 0.15) is 56.5 Å². The van der Waals surface area contributed by atoms with Crippen LogP contribution in [0.3, 0.4) is 0 Å².